The summed E-state index contributed by atoms with van der Waals surface area (Å²) in [4.78, 5) is -0.305. The van der Waals surface area contributed by atoms with Crippen LogP contribution in [0.3, 0.4) is 0 Å². The van der Waals surface area contributed by atoms with Crippen molar-refractivity contribution in [2.45, 2.75) is 4.90 Å². The first-order valence-corrected chi connectivity index (χ1v) is 7.37. The van der Waals surface area contributed by atoms with Gasteiger partial charge in [-0.1, -0.05) is 11.6 Å². The molecule has 0 amide bonds. The van der Waals surface area contributed by atoms with Gasteiger partial charge in [-0.05, 0) is 36.4 Å². The highest BCUT2D eigenvalue weighted by atomic mass is 35.5. The maximum atomic E-state index is 13.2. The lowest BCUT2D eigenvalue weighted by Gasteiger charge is -2.10. The summed E-state index contributed by atoms with van der Waals surface area (Å²) in [7, 11) is -4.07. The van der Waals surface area contributed by atoms with E-state index in [9.17, 15) is 17.2 Å². The van der Waals surface area contributed by atoms with Gasteiger partial charge < -0.3 is 0 Å². The van der Waals surface area contributed by atoms with E-state index in [-0.39, 0.29) is 15.6 Å². The summed E-state index contributed by atoms with van der Waals surface area (Å²) in [5.41, 5.74) is -0.427. The summed E-state index contributed by atoms with van der Waals surface area (Å²) in [6.45, 7) is 0. The fourth-order valence-electron chi connectivity index (χ4n) is 1.53. The number of nitrogens with one attached hydrogen (secondary N) is 1. The highest BCUT2D eigenvalue weighted by Crippen LogP contribution is 2.25. The monoisotopic (exact) mass is 328 g/mol. The molecular weight excluding hydrogens is 322 g/mol. The molecule has 0 spiro atoms. The van der Waals surface area contributed by atoms with Gasteiger partial charge in [0.2, 0.25) is 0 Å². The van der Waals surface area contributed by atoms with Crippen molar-refractivity contribution in [1.82, 2.24) is 0 Å². The van der Waals surface area contributed by atoms with Crippen molar-refractivity contribution < 1.29 is 17.2 Å². The fourth-order valence-corrected chi connectivity index (χ4v) is 2.91. The van der Waals surface area contributed by atoms with Gasteiger partial charge in [-0.2, -0.15) is 5.26 Å². The molecule has 0 fully saturated rings. The third-order valence-electron chi connectivity index (χ3n) is 2.54. The van der Waals surface area contributed by atoms with E-state index in [1.165, 1.54) is 0 Å². The summed E-state index contributed by atoms with van der Waals surface area (Å²) < 4.78 is 52.5. The molecule has 21 heavy (non-hydrogen) atoms. The summed E-state index contributed by atoms with van der Waals surface area (Å²) in [5.74, 6) is -1.44. The van der Waals surface area contributed by atoms with Crippen LogP contribution in [0.5, 0.6) is 0 Å². The molecule has 0 saturated heterocycles. The van der Waals surface area contributed by atoms with Crippen molar-refractivity contribution in [3.05, 3.63) is 58.6 Å². The maximum Gasteiger partial charge on any atom is 0.261 e. The maximum absolute atomic E-state index is 13.2. The Balaban J connectivity index is 2.41. The highest BCUT2D eigenvalue weighted by Gasteiger charge is 2.18. The third-order valence-corrected chi connectivity index (χ3v) is 4.22. The Kier molecular flexibility index (Phi) is 4.11. The first-order valence-electron chi connectivity index (χ1n) is 5.51. The van der Waals surface area contributed by atoms with E-state index in [2.05, 4.69) is 4.72 Å². The van der Waals surface area contributed by atoms with Crippen molar-refractivity contribution in [2.75, 3.05) is 4.72 Å². The molecule has 0 bridgehead atoms. The summed E-state index contributed by atoms with van der Waals surface area (Å²) in [6, 6.07) is 7.47. The average molecular weight is 329 g/mol. The first-order chi connectivity index (χ1) is 9.83. The number of anilines is 1. The van der Waals surface area contributed by atoms with Gasteiger partial charge in [0.1, 0.15) is 17.7 Å². The lowest BCUT2D eigenvalue weighted by Crippen LogP contribution is -2.13. The summed E-state index contributed by atoms with van der Waals surface area (Å²) in [5, 5.41) is 8.58. The zero-order valence-electron chi connectivity index (χ0n) is 10.3. The first kappa shape index (κ1) is 15.2. The van der Waals surface area contributed by atoms with E-state index >= 15 is 0 Å². The van der Waals surface area contributed by atoms with Crippen molar-refractivity contribution in [1.29, 1.82) is 5.26 Å². The molecule has 108 valence electrons. The number of rotatable bonds is 3. The number of nitriles is 1. The van der Waals surface area contributed by atoms with Crippen molar-refractivity contribution in [3.63, 3.8) is 0 Å². The van der Waals surface area contributed by atoms with Crippen LogP contribution in [0.15, 0.2) is 41.3 Å². The molecule has 0 atom stereocenters. The van der Waals surface area contributed by atoms with Crippen LogP contribution < -0.4 is 4.72 Å². The smallest absolute Gasteiger partial charge is 0.261 e. The Bertz CT molecular complexity index is 848. The zero-order chi connectivity index (χ0) is 15.6. The average Bonchev–Trinajstić information content (AvgIpc) is 2.42. The van der Waals surface area contributed by atoms with Crippen LogP contribution in [0, 0.1) is 23.0 Å². The molecular formula is C13H7ClF2N2O2S. The second-order valence-electron chi connectivity index (χ2n) is 3.98. The van der Waals surface area contributed by atoms with Crippen LogP contribution in [-0.2, 0) is 10.0 Å². The molecule has 8 heteroatoms. The quantitative estimate of drug-likeness (QED) is 0.939. The van der Waals surface area contributed by atoms with Gasteiger partial charge in [-0.25, -0.2) is 17.2 Å². The van der Waals surface area contributed by atoms with Crippen molar-refractivity contribution in [3.8, 4) is 6.07 Å². The minimum absolute atomic E-state index is 0.0269. The molecule has 0 saturated carbocycles. The Morgan fingerprint density at radius 1 is 1.14 bits per heavy atom. The van der Waals surface area contributed by atoms with Crippen LogP contribution in [-0.4, -0.2) is 8.42 Å². The van der Waals surface area contributed by atoms with E-state index < -0.39 is 27.2 Å². The van der Waals surface area contributed by atoms with Gasteiger partial charge >= 0.3 is 0 Å². The Hall–Kier alpha value is -2.17. The van der Waals surface area contributed by atoms with E-state index in [1.807, 2.05) is 0 Å². The van der Waals surface area contributed by atoms with Gasteiger partial charge in [-0.3, -0.25) is 4.72 Å². The van der Waals surface area contributed by atoms with Crippen LogP contribution >= 0.6 is 11.6 Å². The van der Waals surface area contributed by atoms with Crippen LogP contribution in [0.2, 0.25) is 5.02 Å². The largest absolute Gasteiger partial charge is 0.278 e. The predicted octanol–water partition coefficient (Wildman–Crippen LogP) is 3.29. The van der Waals surface area contributed by atoms with Gasteiger partial charge in [0.05, 0.1) is 21.2 Å². The molecule has 4 nitrogen and oxygen atoms in total. The predicted molar refractivity (Wildman–Crippen MR) is 73.3 cm³/mol. The molecule has 0 aliphatic rings. The minimum atomic E-state index is -4.07. The number of halogens is 3. The Labute approximate surface area is 124 Å². The van der Waals surface area contributed by atoms with Crippen molar-refractivity contribution in [2.24, 2.45) is 0 Å². The van der Waals surface area contributed by atoms with E-state index in [1.54, 1.807) is 6.07 Å². The van der Waals surface area contributed by atoms with Crippen LogP contribution in [0.4, 0.5) is 14.5 Å². The van der Waals surface area contributed by atoms with Gasteiger partial charge in [-0.15, -0.1) is 0 Å². The lowest BCUT2D eigenvalue weighted by atomic mass is 10.2. The topological polar surface area (TPSA) is 70.0 Å². The standard InChI is InChI=1S/C13H7ClF2N2O2S/c14-11-6-9(15)1-4-13(11)18-21(19,20)10-2-3-12(16)8(5-10)7-17/h1-6,18H. The molecule has 0 aliphatic heterocycles. The molecule has 2 rings (SSSR count). The molecule has 0 aliphatic carbocycles. The van der Waals surface area contributed by atoms with Gasteiger partial charge in [0.25, 0.3) is 10.0 Å². The lowest BCUT2D eigenvalue weighted by molar-refractivity contribution is 0.599. The van der Waals surface area contributed by atoms with Crippen molar-refractivity contribution >= 4 is 27.3 Å². The third kappa shape index (κ3) is 3.29. The SMILES string of the molecule is N#Cc1cc(S(=O)(=O)Nc2ccc(F)cc2Cl)ccc1F. The molecule has 2 aromatic carbocycles. The second kappa shape index (κ2) is 5.68. The molecule has 0 radical (unpaired) electrons. The number of hydrogen-bond donors (Lipinski definition) is 1. The normalized spacial score (nSPS) is 11.0. The summed E-state index contributed by atoms with van der Waals surface area (Å²) in [6.07, 6.45) is 0. The number of hydrogen-bond acceptors (Lipinski definition) is 3. The van der Waals surface area contributed by atoms with Gasteiger partial charge in [0, 0.05) is 0 Å². The zero-order valence-corrected chi connectivity index (χ0v) is 11.8. The molecule has 0 unspecified atom stereocenters. The fraction of sp³-hybridized carbons (Fsp3) is 0. The second-order valence-corrected chi connectivity index (χ2v) is 6.07. The minimum Gasteiger partial charge on any atom is -0.278 e. The van der Waals surface area contributed by atoms with E-state index in [0.29, 0.717) is 0 Å². The van der Waals surface area contributed by atoms with Crippen LogP contribution in [0.25, 0.3) is 0 Å². The Morgan fingerprint density at radius 2 is 1.86 bits per heavy atom. The van der Waals surface area contributed by atoms with E-state index in [0.717, 1.165) is 36.4 Å². The number of nitrogens with zero attached hydrogens (tertiary/aromatic N) is 1. The van der Waals surface area contributed by atoms with E-state index in [4.69, 9.17) is 16.9 Å². The van der Waals surface area contributed by atoms with Gasteiger partial charge in [0.15, 0.2) is 0 Å². The highest BCUT2D eigenvalue weighted by molar-refractivity contribution is 7.92. The molecule has 2 aromatic rings. The number of sulfonamides is 1. The summed E-state index contributed by atoms with van der Waals surface area (Å²) >= 11 is 5.73. The molecule has 0 aromatic heterocycles. The Morgan fingerprint density at radius 3 is 2.48 bits per heavy atom. The molecule has 0 heterocycles. The molecule has 1 N–H and O–H groups in total. The van der Waals surface area contributed by atoms with Crippen LogP contribution in [0.1, 0.15) is 5.56 Å². The number of benzene rings is 2.